The molecule has 2 aromatic rings. The molecule has 0 aliphatic rings. The number of methoxy groups -OCH3 is 1. The third kappa shape index (κ3) is 3.61. The van der Waals surface area contributed by atoms with Gasteiger partial charge in [0.05, 0.1) is 18.2 Å². The number of benzene rings is 2. The maximum atomic E-state index is 10.3. The van der Waals surface area contributed by atoms with Crippen molar-refractivity contribution < 1.29 is 9.84 Å². The van der Waals surface area contributed by atoms with Crippen LogP contribution in [0.4, 0.5) is 0 Å². The van der Waals surface area contributed by atoms with Gasteiger partial charge in [-0.1, -0.05) is 35.9 Å². The monoisotopic (exact) mass is 388 g/mol. The quantitative estimate of drug-likeness (QED) is 0.794. The molecule has 0 aliphatic heterocycles. The van der Waals surface area contributed by atoms with Gasteiger partial charge in [-0.15, -0.1) is 0 Å². The number of rotatable bonds is 4. The lowest BCUT2D eigenvalue weighted by Gasteiger charge is -2.14. The van der Waals surface area contributed by atoms with Crippen LogP contribution < -0.4 is 4.74 Å². The van der Waals surface area contributed by atoms with E-state index in [0.29, 0.717) is 11.4 Å². The van der Waals surface area contributed by atoms with Crippen LogP contribution in [0.5, 0.6) is 5.75 Å². The summed E-state index contributed by atoms with van der Waals surface area (Å²) in [6.45, 7) is 0. The second-order valence-electron chi connectivity index (χ2n) is 4.21. The zero-order valence-corrected chi connectivity index (χ0v) is 13.4. The number of hydrogen-bond donors (Lipinski definition) is 1. The normalized spacial score (nSPS) is 12.2. The fraction of sp³-hybridized carbons (Fsp3) is 0.200. The van der Waals surface area contributed by atoms with Gasteiger partial charge in [0.15, 0.2) is 0 Å². The third-order valence-corrected chi connectivity index (χ3v) is 4.51. The Morgan fingerprint density at radius 3 is 2.68 bits per heavy atom. The van der Waals surface area contributed by atoms with Crippen LogP contribution >= 0.6 is 34.2 Å². The van der Waals surface area contributed by atoms with Crippen molar-refractivity contribution in [3.63, 3.8) is 0 Å². The second kappa shape index (κ2) is 6.59. The van der Waals surface area contributed by atoms with Crippen molar-refractivity contribution in [3.05, 3.63) is 62.2 Å². The SMILES string of the molecule is COc1ccccc1CC(O)c1ccc(I)c(Cl)c1. The van der Waals surface area contributed by atoms with Crippen molar-refractivity contribution in [2.24, 2.45) is 0 Å². The first-order chi connectivity index (χ1) is 9.11. The van der Waals surface area contributed by atoms with Gasteiger partial charge >= 0.3 is 0 Å². The molecule has 1 atom stereocenters. The Labute approximate surface area is 131 Å². The van der Waals surface area contributed by atoms with Crippen LogP contribution in [0, 0.1) is 3.57 Å². The molecule has 1 N–H and O–H groups in total. The van der Waals surface area contributed by atoms with E-state index in [1.54, 1.807) is 7.11 Å². The van der Waals surface area contributed by atoms with E-state index in [1.165, 1.54) is 0 Å². The van der Waals surface area contributed by atoms with Gasteiger partial charge in [0.1, 0.15) is 5.75 Å². The molecular formula is C15H14ClIO2. The van der Waals surface area contributed by atoms with E-state index in [4.69, 9.17) is 16.3 Å². The lowest BCUT2D eigenvalue weighted by molar-refractivity contribution is 0.177. The van der Waals surface area contributed by atoms with Crippen LogP contribution in [0.3, 0.4) is 0 Å². The lowest BCUT2D eigenvalue weighted by atomic mass is 10.0. The van der Waals surface area contributed by atoms with Crippen LogP contribution in [0.15, 0.2) is 42.5 Å². The van der Waals surface area contributed by atoms with Gasteiger partial charge in [0.25, 0.3) is 0 Å². The predicted molar refractivity (Wildman–Crippen MR) is 85.8 cm³/mol. The smallest absolute Gasteiger partial charge is 0.122 e. The largest absolute Gasteiger partial charge is 0.496 e. The number of aliphatic hydroxyl groups is 1. The summed E-state index contributed by atoms with van der Waals surface area (Å²) in [5.74, 6) is 0.790. The van der Waals surface area contributed by atoms with E-state index in [2.05, 4.69) is 22.6 Å². The molecule has 0 aromatic heterocycles. The van der Waals surface area contributed by atoms with Gasteiger partial charge in [-0.25, -0.2) is 0 Å². The maximum absolute atomic E-state index is 10.3. The number of ether oxygens (including phenoxy) is 1. The number of halogens is 2. The molecule has 2 rings (SSSR count). The number of para-hydroxylation sites is 1. The van der Waals surface area contributed by atoms with Crippen molar-refractivity contribution >= 4 is 34.2 Å². The molecule has 0 spiro atoms. The Kier molecular flexibility index (Phi) is 5.07. The zero-order chi connectivity index (χ0) is 13.8. The molecule has 1 unspecified atom stereocenters. The lowest BCUT2D eigenvalue weighted by Crippen LogP contribution is -2.03. The highest BCUT2D eigenvalue weighted by Gasteiger charge is 2.12. The van der Waals surface area contributed by atoms with Gasteiger partial charge in [-0.2, -0.15) is 0 Å². The van der Waals surface area contributed by atoms with E-state index in [0.717, 1.165) is 20.4 Å². The van der Waals surface area contributed by atoms with Crippen LogP contribution in [-0.4, -0.2) is 12.2 Å². The van der Waals surface area contributed by atoms with Crippen LogP contribution in [0.1, 0.15) is 17.2 Å². The summed E-state index contributed by atoms with van der Waals surface area (Å²) in [6, 6.07) is 13.3. The molecule has 2 aromatic carbocycles. The van der Waals surface area contributed by atoms with Crippen LogP contribution in [0.25, 0.3) is 0 Å². The minimum Gasteiger partial charge on any atom is -0.496 e. The highest BCUT2D eigenvalue weighted by molar-refractivity contribution is 14.1. The molecule has 0 bridgehead atoms. The van der Waals surface area contributed by atoms with Crippen molar-refractivity contribution in [1.29, 1.82) is 0 Å². The molecule has 4 heteroatoms. The van der Waals surface area contributed by atoms with Gasteiger partial charge in [0.2, 0.25) is 0 Å². The first-order valence-corrected chi connectivity index (χ1v) is 7.32. The van der Waals surface area contributed by atoms with Crippen molar-refractivity contribution in [1.82, 2.24) is 0 Å². The van der Waals surface area contributed by atoms with E-state index in [-0.39, 0.29) is 0 Å². The first-order valence-electron chi connectivity index (χ1n) is 5.86. The fourth-order valence-electron chi connectivity index (χ4n) is 1.92. The van der Waals surface area contributed by atoms with Crippen LogP contribution in [-0.2, 0) is 6.42 Å². The first kappa shape index (κ1) is 14.6. The van der Waals surface area contributed by atoms with Crippen LogP contribution in [0.2, 0.25) is 5.02 Å². The molecule has 0 heterocycles. The Balaban J connectivity index is 2.20. The summed E-state index contributed by atoms with van der Waals surface area (Å²) < 4.78 is 6.27. The highest BCUT2D eigenvalue weighted by Crippen LogP contribution is 2.27. The van der Waals surface area contributed by atoms with Crippen molar-refractivity contribution in [3.8, 4) is 5.75 Å². The molecule has 0 aliphatic carbocycles. The van der Waals surface area contributed by atoms with Gasteiger partial charge in [-0.05, 0) is 51.9 Å². The van der Waals surface area contributed by atoms with E-state index >= 15 is 0 Å². The molecule has 0 fully saturated rings. The Morgan fingerprint density at radius 2 is 2.00 bits per heavy atom. The molecule has 0 saturated heterocycles. The Bertz CT molecular complexity index is 572. The molecule has 0 saturated carbocycles. The molecular weight excluding hydrogens is 375 g/mol. The van der Waals surface area contributed by atoms with Gasteiger partial charge in [0, 0.05) is 9.99 Å². The molecule has 19 heavy (non-hydrogen) atoms. The highest BCUT2D eigenvalue weighted by atomic mass is 127. The van der Waals surface area contributed by atoms with E-state index < -0.39 is 6.10 Å². The summed E-state index contributed by atoms with van der Waals surface area (Å²) in [5, 5.41) is 11.0. The summed E-state index contributed by atoms with van der Waals surface area (Å²) in [4.78, 5) is 0. The van der Waals surface area contributed by atoms with Crippen molar-refractivity contribution in [2.45, 2.75) is 12.5 Å². The topological polar surface area (TPSA) is 29.5 Å². The van der Waals surface area contributed by atoms with E-state index in [9.17, 15) is 5.11 Å². The maximum Gasteiger partial charge on any atom is 0.122 e. The minimum absolute atomic E-state index is 0.501. The Hall–Kier alpha value is -0.780. The van der Waals surface area contributed by atoms with Gasteiger partial charge in [-0.3, -0.25) is 0 Å². The number of hydrogen-bond acceptors (Lipinski definition) is 2. The minimum atomic E-state index is -0.592. The molecule has 100 valence electrons. The fourth-order valence-corrected chi connectivity index (χ4v) is 2.44. The second-order valence-corrected chi connectivity index (χ2v) is 5.77. The summed E-state index contributed by atoms with van der Waals surface area (Å²) in [6.07, 6.45) is -0.0909. The average molecular weight is 389 g/mol. The summed E-state index contributed by atoms with van der Waals surface area (Å²) in [7, 11) is 1.63. The molecule has 0 amide bonds. The van der Waals surface area contributed by atoms with Gasteiger partial charge < -0.3 is 9.84 Å². The summed E-state index contributed by atoms with van der Waals surface area (Å²) in [5.41, 5.74) is 1.79. The average Bonchev–Trinajstić information content (AvgIpc) is 2.42. The third-order valence-electron chi connectivity index (χ3n) is 2.93. The molecule has 2 nitrogen and oxygen atoms in total. The Morgan fingerprint density at radius 1 is 1.26 bits per heavy atom. The summed E-state index contributed by atoms with van der Waals surface area (Å²) >= 11 is 8.24. The van der Waals surface area contributed by atoms with E-state index in [1.807, 2.05) is 42.5 Å². The predicted octanol–water partition coefficient (Wildman–Crippen LogP) is 4.23. The zero-order valence-electron chi connectivity index (χ0n) is 10.4. The molecule has 0 radical (unpaired) electrons. The van der Waals surface area contributed by atoms with Crippen molar-refractivity contribution in [2.75, 3.05) is 7.11 Å². The standard InChI is InChI=1S/C15H14ClIO2/c1-19-15-5-3-2-4-11(15)9-14(18)10-6-7-13(17)12(16)8-10/h2-8,14,18H,9H2,1H3. The number of aliphatic hydroxyl groups excluding tert-OH is 1.